The lowest BCUT2D eigenvalue weighted by Gasteiger charge is -2.07. The van der Waals surface area contributed by atoms with Crippen LogP contribution in [-0.4, -0.2) is 36.4 Å². The molecule has 5 nitrogen and oxygen atoms in total. The summed E-state index contributed by atoms with van der Waals surface area (Å²) in [6.07, 6.45) is 21.2. The molecule has 0 spiro atoms. The Morgan fingerprint density at radius 1 is 0.647 bits per heavy atom. The molecule has 34 heavy (non-hydrogen) atoms. The van der Waals surface area contributed by atoms with E-state index in [1.807, 2.05) is 24.3 Å². The average Bonchev–Trinajstić information content (AvgIpc) is 2.87. The van der Waals surface area contributed by atoms with Crippen molar-refractivity contribution in [3.05, 3.63) is 48.8 Å². The standard InChI is InChI=1S/C29H44N2O3/c1-3-5-7-8-9-10-11-12-13-22-33-27-18-16-26(17-19-27)29-30-24-28(25-31-29)34-23-15-14-21-32-20-6-4-2/h12-13,16-19,24-25H,3-11,14-15,20-23H2,1-2H3/b13-12+. The van der Waals surface area contributed by atoms with Crippen LogP contribution in [0.15, 0.2) is 48.8 Å². The van der Waals surface area contributed by atoms with Crippen LogP contribution in [0.2, 0.25) is 0 Å². The van der Waals surface area contributed by atoms with Crippen LogP contribution >= 0.6 is 0 Å². The van der Waals surface area contributed by atoms with E-state index in [1.165, 1.54) is 44.9 Å². The summed E-state index contributed by atoms with van der Waals surface area (Å²) in [5.41, 5.74) is 0.960. The van der Waals surface area contributed by atoms with Crippen molar-refractivity contribution in [1.82, 2.24) is 9.97 Å². The van der Waals surface area contributed by atoms with Crippen molar-refractivity contribution in [2.45, 2.75) is 84.5 Å². The second kappa shape index (κ2) is 19.0. The highest BCUT2D eigenvalue weighted by Gasteiger charge is 2.03. The second-order valence-electron chi connectivity index (χ2n) is 8.63. The Kier molecular flexibility index (Phi) is 15.5. The maximum absolute atomic E-state index is 5.81. The number of rotatable bonds is 20. The Morgan fingerprint density at radius 2 is 1.32 bits per heavy atom. The van der Waals surface area contributed by atoms with E-state index in [9.17, 15) is 0 Å². The summed E-state index contributed by atoms with van der Waals surface area (Å²) >= 11 is 0. The normalized spacial score (nSPS) is 11.2. The van der Waals surface area contributed by atoms with Gasteiger partial charge in [-0.1, -0.05) is 64.5 Å². The molecule has 2 aromatic rings. The van der Waals surface area contributed by atoms with Crippen molar-refractivity contribution in [3.8, 4) is 22.9 Å². The van der Waals surface area contributed by atoms with E-state index < -0.39 is 0 Å². The number of unbranched alkanes of at least 4 members (excludes halogenated alkanes) is 8. The van der Waals surface area contributed by atoms with Gasteiger partial charge in [0.25, 0.3) is 0 Å². The van der Waals surface area contributed by atoms with Crippen molar-refractivity contribution in [3.63, 3.8) is 0 Å². The van der Waals surface area contributed by atoms with E-state index in [0.29, 0.717) is 24.8 Å². The van der Waals surface area contributed by atoms with Gasteiger partial charge in [-0.05, 0) is 56.4 Å². The summed E-state index contributed by atoms with van der Waals surface area (Å²) in [6, 6.07) is 7.91. The zero-order valence-corrected chi connectivity index (χ0v) is 21.3. The van der Waals surface area contributed by atoms with Gasteiger partial charge < -0.3 is 14.2 Å². The van der Waals surface area contributed by atoms with Gasteiger partial charge in [0.1, 0.15) is 12.4 Å². The van der Waals surface area contributed by atoms with Gasteiger partial charge in [0.2, 0.25) is 0 Å². The summed E-state index contributed by atoms with van der Waals surface area (Å²) in [4.78, 5) is 8.88. The lowest BCUT2D eigenvalue weighted by molar-refractivity contribution is 0.123. The molecule has 0 aliphatic rings. The highest BCUT2D eigenvalue weighted by Crippen LogP contribution is 2.20. The molecule has 0 fully saturated rings. The van der Waals surface area contributed by atoms with Gasteiger partial charge in [0, 0.05) is 18.8 Å². The Hall–Kier alpha value is -2.40. The third-order valence-electron chi connectivity index (χ3n) is 5.57. The van der Waals surface area contributed by atoms with Crippen molar-refractivity contribution in [2.75, 3.05) is 26.4 Å². The molecule has 0 radical (unpaired) electrons. The maximum Gasteiger partial charge on any atom is 0.159 e. The zero-order chi connectivity index (χ0) is 24.1. The fourth-order valence-corrected chi connectivity index (χ4v) is 3.46. The monoisotopic (exact) mass is 468 g/mol. The van der Waals surface area contributed by atoms with Crippen LogP contribution in [0.5, 0.6) is 11.5 Å². The van der Waals surface area contributed by atoms with Crippen LogP contribution in [0, 0.1) is 0 Å². The lowest BCUT2D eigenvalue weighted by atomic mass is 10.1. The number of nitrogens with zero attached hydrogens (tertiary/aromatic N) is 2. The zero-order valence-electron chi connectivity index (χ0n) is 21.3. The Bertz CT molecular complexity index is 760. The van der Waals surface area contributed by atoms with E-state index in [-0.39, 0.29) is 0 Å². The molecule has 2 rings (SSSR count). The minimum Gasteiger partial charge on any atom is -0.490 e. The minimum absolute atomic E-state index is 0.600. The molecule has 1 aromatic carbocycles. The molecular weight excluding hydrogens is 424 g/mol. The summed E-state index contributed by atoms with van der Waals surface area (Å²) in [5, 5.41) is 0. The highest BCUT2D eigenvalue weighted by molar-refractivity contribution is 5.56. The van der Waals surface area contributed by atoms with Crippen molar-refractivity contribution in [1.29, 1.82) is 0 Å². The SMILES string of the molecule is CCCCCCCC/C=C/COc1ccc(-c2ncc(OCCCCOCCCC)cn2)cc1. The third-order valence-corrected chi connectivity index (χ3v) is 5.57. The highest BCUT2D eigenvalue weighted by atomic mass is 16.5. The number of allylic oxidation sites excluding steroid dienone is 1. The van der Waals surface area contributed by atoms with E-state index in [0.717, 1.165) is 50.2 Å². The fraction of sp³-hybridized carbons (Fsp3) is 0.586. The number of ether oxygens (including phenoxy) is 3. The minimum atomic E-state index is 0.600. The number of aromatic nitrogens is 2. The molecule has 0 saturated carbocycles. The molecule has 0 bridgehead atoms. The molecule has 0 N–H and O–H groups in total. The van der Waals surface area contributed by atoms with E-state index in [1.54, 1.807) is 12.4 Å². The van der Waals surface area contributed by atoms with Crippen molar-refractivity contribution < 1.29 is 14.2 Å². The quantitative estimate of drug-likeness (QED) is 0.146. The Balaban J connectivity index is 1.60. The predicted molar refractivity (Wildman–Crippen MR) is 141 cm³/mol. The predicted octanol–water partition coefficient (Wildman–Crippen LogP) is 7.80. The molecule has 0 aliphatic carbocycles. The van der Waals surface area contributed by atoms with Crippen LogP contribution in [0.1, 0.15) is 84.5 Å². The first-order chi connectivity index (χ1) is 16.8. The van der Waals surface area contributed by atoms with Crippen LogP contribution in [0.4, 0.5) is 0 Å². The topological polar surface area (TPSA) is 53.5 Å². The van der Waals surface area contributed by atoms with Gasteiger partial charge in [-0.2, -0.15) is 0 Å². The molecule has 0 saturated heterocycles. The first-order valence-electron chi connectivity index (χ1n) is 13.2. The summed E-state index contributed by atoms with van der Waals surface area (Å²) in [6.45, 7) is 7.34. The van der Waals surface area contributed by atoms with Gasteiger partial charge in [-0.25, -0.2) is 9.97 Å². The number of hydrogen-bond donors (Lipinski definition) is 0. The van der Waals surface area contributed by atoms with Gasteiger partial charge in [-0.15, -0.1) is 0 Å². The number of hydrogen-bond acceptors (Lipinski definition) is 5. The van der Waals surface area contributed by atoms with Gasteiger partial charge in [-0.3, -0.25) is 0 Å². The first-order valence-corrected chi connectivity index (χ1v) is 13.2. The van der Waals surface area contributed by atoms with Gasteiger partial charge >= 0.3 is 0 Å². The van der Waals surface area contributed by atoms with E-state index >= 15 is 0 Å². The van der Waals surface area contributed by atoms with Gasteiger partial charge in [0.05, 0.1) is 19.0 Å². The molecule has 188 valence electrons. The summed E-state index contributed by atoms with van der Waals surface area (Å²) < 4.78 is 17.1. The van der Waals surface area contributed by atoms with Crippen LogP contribution < -0.4 is 9.47 Å². The van der Waals surface area contributed by atoms with E-state index in [2.05, 4.69) is 36.0 Å². The number of benzene rings is 1. The largest absolute Gasteiger partial charge is 0.490 e. The molecule has 0 atom stereocenters. The van der Waals surface area contributed by atoms with Crippen molar-refractivity contribution >= 4 is 0 Å². The first kappa shape index (κ1) is 27.8. The van der Waals surface area contributed by atoms with Crippen LogP contribution in [-0.2, 0) is 4.74 Å². The average molecular weight is 469 g/mol. The molecule has 5 heteroatoms. The second-order valence-corrected chi connectivity index (χ2v) is 8.63. The van der Waals surface area contributed by atoms with Crippen molar-refractivity contribution in [2.24, 2.45) is 0 Å². The fourth-order valence-electron chi connectivity index (χ4n) is 3.46. The molecule has 0 unspecified atom stereocenters. The summed E-state index contributed by atoms with van der Waals surface area (Å²) in [5.74, 6) is 2.23. The lowest BCUT2D eigenvalue weighted by Crippen LogP contribution is -2.02. The molecular formula is C29H44N2O3. The molecule has 1 heterocycles. The Labute approximate surface area is 207 Å². The molecule has 0 aliphatic heterocycles. The third kappa shape index (κ3) is 12.7. The summed E-state index contributed by atoms with van der Waals surface area (Å²) in [7, 11) is 0. The van der Waals surface area contributed by atoms with Gasteiger partial charge in [0.15, 0.2) is 11.6 Å². The van der Waals surface area contributed by atoms with E-state index in [4.69, 9.17) is 14.2 Å². The van der Waals surface area contributed by atoms with Crippen LogP contribution in [0.3, 0.4) is 0 Å². The smallest absolute Gasteiger partial charge is 0.159 e. The molecule has 0 amide bonds. The maximum atomic E-state index is 5.81. The Morgan fingerprint density at radius 3 is 2.09 bits per heavy atom. The molecule has 1 aromatic heterocycles. The van der Waals surface area contributed by atoms with Crippen LogP contribution in [0.25, 0.3) is 11.4 Å².